The van der Waals surface area contributed by atoms with Crippen molar-refractivity contribution in [3.05, 3.63) is 15.0 Å². The first-order valence-electron chi connectivity index (χ1n) is 4.75. The number of hydrogen-bond acceptors (Lipinski definition) is 4. The molecule has 0 saturated carbocycles. The van der Waals surface area contributed by atoms with E-state index in [0.29, 0.717) is 11.1 Å². The molecule has 0 radical (unpaired) electrons. The van der Waals surface area contributed by atoms with E-state index in [1.807, 2.05) is 11.5 Å². The van der Waals surface area contributed by atoms with Crippen LogP contribution in [0.5, 0.6) is 0 Å². The van der Waals surface area contributed by atoms with Gasteiger partial charge in [-0.2, -0.15) is 0 Å². The van der Waals surface area contributed by atoms with Crippen molar-refractivity contribution in [1.82, 2.24) is 9.55 Å². The Morgan fingerprint density at radius 1 is 1.62 bits per heavy atom. The standard InChI is InChI=1S/C9H13Br2N3O2/c1-3-6-13-7(10)8(11)14(6)4-5(12)9(15)16-2/h5H,3-4,12H2,1-2H3. The van der Waals surface area contributed by atoms with E-state index < -0.39 is 12.0 Å². The highest BCUT2D eigenvalue weighted by Gasteiger charge is 2.19. The van der Waals surface area contributed by atoms with Crippen molar-refractivity contribution in [3.8, 4) is 0 Å². The zero-order valence-electron chi connectivity index (χ0n) is 9.04. The molecule has 16 heavy (non-hydrogen) atoms. The van der Waals surface area contributed by atoms with Gasteiger partial charge in [0.15, 0.2) is 0 Å². The summed E-state index contributed by atoms with van der Waals surface area (Å²) in [6.07, 6.45) is 0.762. The highest BCUT2D eigenvalue weighted by Crippen LogP contribution is 2.24. The van der Waals surface area contributed by atoms with Crippen LogP contribution in [0.4, 0.5) is 0 Å². The number of ether oxygens (including phenoxy) is 1. The average molecular weight is 355 g/mol. The van der Waals surface area contributed by atoms with E-state index in [4.69, 9.17) is 5.73 Å². The second-order valence-corrected chi connectivity index (χ2v) is 4.71. The van der Waals surface area contributed by atoms with Crippen LogP contribution in [0.15, 0.2) is 9.21 Å². The first-order valence-corrected chi connectivity index (χ1v) is 6.33. The lowest BCUT2D eigenvalue weighted by Crippen LogP contribution is -2.36. The normalized spacial score (nSPS) is 12.6. The molecule has 1 atom stereocenters. The van der Waals surface area contributed by atoms with Crippen LogP contribution in [0, 0.1) is 0 Å². The van der Waals surface area contributed by atoms with Gasteiger partial charge in [-0.3, -0.25) is 4.79 Å². The van der Waals surface area contributed by atoms with Gasteiger partial charge in [-0.05, 0) is 31.9 Å². The SMILES string of the molecule is CCc1nc(Br)c(Br)n1CC(N)C(=O)OC. The fraction of sp³-hybridized carbons (Fsp3) is 0.556. The topological polar surface area (TPSA) is 70.1 Å². The van der Waals surface area contributed by atoms with Crippen molar-refractivity contribution in [2.24, 2.45) is 5.73 Å². The molecule has 0 saturated heterocycles. The molecule has 1 unspecified atom stereocenters. The minimum atomic E-state index is -0.687. The van der Waals surface area contributed by atoms with Gasteiger partial charge in [-0.25, -0.2) is 4.98 Å². The molecular formula is C9H13Br2N3O2. The van der Waals surface area contributed by atoms with Crippen LogP contribution in [-0.4, -0.2) is 28.7 Å². The molecule has 90 valence electrons. The highest BCUT2D eigenvalue weighted by molar-refractivity contribution is 9.13. The Kier molecular flexibility index (Phi) is 4.94. The number of aryl methyl sites for hydroxylation is 1. The maximum Gasteiger partial charge on any atom is 0.324 e. The summed E-state index contributed by atoms with van der Waals surface area (Å²) in [5.41, 5.74) is 5.70. The summed E-state index contributed by atoms with van der Waals surface area (Å²) in [4.78, 5) is 15.5. The van der Waals surface area contributed by atoms with Gasteiger partial charge in [0, 0.05) is 6.42 Å². The van der Waals surface area contributed by atoms with Gasteiger partial charge < -0.3 is 15.0 Å². The van der Waals surface area contributed by atoms with Crippen LogP contribution < -0.4 is 5.73 Å². The van der Waals surface area contributed by atoms with Gasteiger partial charge in [0.2, 0.25) is 0 Å². The van der Waals surface area contributed by atoms with Gasteiger partial charge in [0.1, 0.15) is 21.1 Å². The van der Waals surface area contributed by atoms with Crippen LogP contribution in [0.3, 0.4) is 0 Å². The summed E-state index contributed by atoms with van der Waals surface area (Å²) < 4.78 is 7.92. The quantitative estimate of drug-likeness (QED) is 0.831. The van der Waals surface area contributed by atoms with E-state index in [1.165, 1.54) is 7.11 Å². The largest absolute Gasteiger partial charge is 0.468 e. The van der Waals surface area contributed by atoms with Crippen molar-refractivity contribution in [3.63, 3.8) is 0 Å². The molecule has 1 aromatic heterocycles. The van der Waals surface area contributed by atoms with E-state index in [-0.39, 0.29) is 0 Å². The molecule has 0 fully saturated rings. The predicted octanol–water partition coefficient (Wildman–Crippen LogP) is 1.47. The van der Waals surface area contributed by atoms with Crippen molar-refractivity contribution in [2.45, 2.75) is 25.9 Å². The third kappa shape index (κ3) is 2.83. The lowest BCUT2D eigenvalue weighted by atomic mass is 10.3. The fourth-order valence-corrected chi connectivity index (χ4v) is 2.18. The number of methoxy groups -OCH3 is 1. The smallest absolute Gasteiger partial charge is 0.324 e. The molecule has 0 aliphatic carbocycles. The molecule has 2 N–H and O–H groups in total. The number of aromatic nitrogens is 2. The van der Waals surface area contributed by atoms with Gasteiger partial charge >= 0.3 is 5.97 Å². The molecule has 1 heterocycles. The number of esters is 1. The molecule has 1 rings (SSSR count). The summed E-state index contributed by atoms with van der Waals surface area (Å²) in [5.74, 6) is 0.428. The Balaban J connectivity index is 2.91. The van der Waals surface area contributed by atoms with Crippen LogP contribution >= 0.6 is 31.9 Å². The Bertz CT molecular complexity index is 392. The molecule has 1 aromatic rings. The minimum absolute atomic E-state index is 0.342. The van der Waals surface area contributed by atoms with Crippen LogP contribution in [0.25, 0.3) is 0 Å². The Morgan fingerprint density at radius 2 is 2.25 bits per heavy atom. The van der Waals surface area contributed by atoms with Crippen LogP contribution in [0.2, 0.25) is 0 Å². The maximum atomic E-state index is 11.2. The lowest BCUT2D eigenvalue weighted by Gasteiger charge is -2.12. The summed E-state index contributed by atoms with van der Waals surface area (Å²) >= 11 is 6.70. The Morgan fingerprint density at radius 3 is 2.75 bits per heavy atom. The van der Waals surface area contributed by atoms with Gasteiger partial charge in [0.05, 0.1) is 13.7 Å². The number of imidazole rings is 1. The molecule has 0 aliphatic heterocycles. The van der Waals surface area contributed by atoms with Gasteiger partial charge in [0.25, 0.3) is 0 Å². The molecule has 0 aromatic carbocycles. The van der Waals surface area contributed by atoms with Crippen molar-refractivity contribution in [1.29, 1.82) is 0 Å². The summed E-state index contributed by atoms with van der Waals surface area (Å²) in [6, 6.07) is -0.687. The Labute approximate surface area is 111 Å². The third-order valence-corrected chi connectivity index (χ3v) is 4.03. The number of carbonyl (C=O) groups is 1. The molecule has 7 heteroatoms. The number of carbonyl (C=O) groups excluding carboxylic acids is 1. The lowest BCUT2D eigenvalue weighted by molar-refractivity contribution is -0.142. The van der Waals surface area contributed by atoms with Crippen LogP contribution in [0.1, 0.15) is 12.7 Å². The molecule has 0 aliphatic rings. The fourth-order valence-electron chi connectivity index (χ4n) is 1.32. The number of halogens is 2. The monoisotopic (exact) mass is 353 g/mol. The van der Waals surface area contributed by atoms with E-state index in [0.717, 1.165) is 16.8 Å². The average Bonchev–Trinajstić information content (AvgIpc) is 2.55. The summed E-state index contributed by atoms with van der Waals surface area (Å²) in [7, 11) is 1.32. The van der Waals surface area contributed by atoms with E-state index in [9.17, 15) is 4.79 Å². The number of nitrogens with zero attached hydrogens (tertiary/aromatic N) is 2. The molecule has 0 spiro atoms. The second-order valence-electron chi connectivity index (χ2n) is 3.20. The first-order chi connectivity index (χ1) is 7.51. The highest BCUT2D eigenvalue weighted by atomic mass is 79.9. The van der Waals surface area contributed by atoms with Crippen molar-refractivity contribution >= 4 is 37.8 Å². The number of hydrogen-bond donors (Lipinski definition) is 1. The van der Waals surface area contributed by atoms with Crippen molar-refractivity contribution < 1.29 is 9.53 Å². The minimum Gasteiger partial charge on any atom is -0.468 e. The molecule has 5 nitrogen and oxygen atoms in total. The number of rotatable bonds is 4. The summed E-state index contributed by atoms with van der Waals surface area (Å²) in [6.45, 7) is 2.33. The molecule has 0 amide bonds. The Hall–Kier alpha value is -0.400. The van der Waals surface area contributed by atoms with E-state index in [1.54, 1.807) is 0 Å². The summed E-state index contributed by atoms with van der Waals surface area (Å²) in [5, 5.41) is 0. The van der Waals surface area contributed by atoms with Gasteiger partial charge in [-0.15, -0.1) is 0 Å². The zero-order chi connectivity index (χ0) is 12.3. The van der Waals surface area contributed by atoms with E-state index >= 15 is 0 Å². The first kappa shape index (κ1) is 13.7. The second kappa shape index (κ2) is 5.79. The maximum absolute atomic E-state index is 11.2. The number of nitrogens with two attached hydrogens (primary N) is 1. The van der Waals surface area contributed by atoms with E-state index in [2.05, 4.69) is 41.6 Å². The molecular weight excluding hydrogens is 342 g/mol. The van der Waals surface area contributed by atoms with Crippen LogP contribution in [-0.2, 0) is 22.5 Å². The molecule has 0 bridgehead atoms. The zero-order valence-corrected chi connectivity index (χ0v) is 12.2. The predicted molar refractivity (Wildman–Crippen MR) is 67.0 cm³/mol. The third-order valence-electron chi connectivity index (χ3n) is 2.15. The van der Waals surface area contributed by atoms with Gasteiger partial charge in [-0.1, -0.05) is 6.92 Å². The van der Waals surface area contributed by atoms with Crippen molar-refractivity contribution in [2.75, 3.05) is 7.11 Å².